The number of aliphatic hydroxyl groups is 1. The van der Waals surface area contributed by atoms with Crippen LogP contribution in [0, 0.1) is 0 Å². The lowest BCUT2D eigenvalue weighted by Crippen LogP contribution is -2.26. The first-order valence-corrected chi connectivity index (χ1v) is 8.04. The van der Waals surface area contributed by atoms with E-state index in [1.54, 1.807) is 0 Å². The quantitative estimate of drug-likeness (QED) is 0.406. The van der Waals surface area contributed by atoms with Gasteiger partial charge >= 0.3 is 7.82 Å². The molecule has 0 radical (unpaired) electrons. The molecule has 1 aliphatic heterocycles. The van der Waals surface area contributed by atoms with E-state index in [2.05, 4.69) is 19.5 Å². The van der Waals surface area contributed by atoms with Crippen LogP contribution in [0.3, 0.4) is 0 Å². The Balaban J connectivity index is 1.94. The zero-order valence-corrected chi connectivity index (χ0v) is 12.5. The summed E-state index contributed by atoms with van der Waals surface area (Å²) in [5.41, 5.74) is 5.18. The molecule has 0 saturated carbocycles. The summed E-state index contributed by atoms with van der Waals surface area (Å²) in [4.78, 5) is 39.8. The molecule has 0 unspecified atom stereocenters. The highest BCUT2D eigenvalue weighted by Gasteiger charge is 2.40. The van der Waals surface area contributed by atoms with Crippen LogP contribution in [0.15, 0.2) is 11.1 Å². The van der Waals surface area contributed by atoms with Gasteiger partial charge in [-0.3, -0.25) is 18.9 Å². The first kappa shape index (κ1) is 16.1. The van der Waals surface area contributed by atoms with Gasteiger partial charge in [0.2, 0.25) is 5.95 Å². The summed E-state index contributed by atoms with van der Waals surface area (Å²) in [7, 11) is -4.74. The molecule has 2 aromatic heterocycles. The van der Waals surface area contributed by atoms with Crippen molar-refractivity contribution in [3.05, 3.63) is 16.7 Å². The van der Waals surface area contributed by atoms with Gasteiger partial charge in [-0.25, -0.2) is 9.55 Å². The molecule has 0 aliphatic carbocycles. The third kappa shape index (κ3) is 3.13. The molecule has 2 aromatic rings. The van der Waals surface area contributed by atoms with Crippen molar-refractivity contribution in [3.63, 3.8) is 0 Å². The number of fused-ring (bicyclic) bond motifs is 1. The van der Waals surface area contributed by atoms with Crippen molar-refractivity contribution >= 4 is 24.9 Å². The number of anilines is 1. The number of ether oxygens (including phenoxy) is 1. The minimum atomic E-state index is -4.74. The van der Waals surface area contributed by atoms with Gasteiger partial charge in [0.15, 0.2) is 11.2 Å². The molecule has 126 valence electrons. The standard InChI is InChI=1S/C10H14N5O7P/c11-10-13-8-7(9(17)14-10)12-3-15(8)6-1-4(5(2-16)21-6)22-23(18,19)20/h3-6,16H,1-2H2,(H2,18,19,20)(H3,11,13,14,17)/t4-,5+,6-/m0/s1. The first-order valence-electron chi connectivity index (χ1n) is 6.51. The van der Waals surface area contributed by atoms with Crippen molar-refractivity contribution in [3.8, 4) is 0 Å². The van der Waals surface area contributed by atoms with Crippen molar-refractivity contribution in [2.45, 2.75) is 24.9 Å². The Hall–Kier alpha value is -1.82. The van der Waals surface area contributed by atoms with Gasteiger partial charge in [0.1, 0.15) is 18.4 Å². The number of nitrogens with two attached hydrogens (primary N) is 1. The molecule has 1 saturated heterocycles. The predicted molar refractivity (Wildman–Crippen MR) is 75.1 cm³/mol. The van der Waals surface area contributed by atoms with E-state index in [4.69, 9.17) is 20.3 Å². The SMILES string of the molecule is Nc1nc2c(ncn2[C@@H]2C[C@H](OP(=O)(O)O)[C@@H](CO)O2)c(=O)[nH]1. The molecule has 0 amide bonds. The van der Waals surface area contributed by atoms with Crippen molar-refractivity contribution in [1.82, 2.24) is 19.5 Å². The van der Waals surface area contributed by atoms with Gasteiger partial charge in [0.05, 0.1) is 12.9 Å². The van der Waals surface area contributed by atoms with Gasteiger partial charge in [-0.15, -0.1) is 0 Å². The molecule has 0 aromatic carbocycles. The molecule has 23 heavy (non-hydrogen) atoms. The molecule has 3 heterocycles. The Morgan fingerprint density at radius 1 is 1.57 bits per heavy atom. The van der Waals surface area contributed by atoms with Crippen LogP contribution in [0.4, 0.5) is 5.95 Å². The number of nitrogens with zero attached hydrogens (tertiary/aromatic N) is 3. The summed E-state index contributed by atoms with van der Waals surface area (Å²) in [6, 6.07) is 0. The fraction of sp³-hybridized carbons (Fsp3) is 0.500. The van der Waals surface area contributed by atoms with Crippen LogP contribution in [0.1, 0.15) is 12.6 Å². The summed E-state index contributed by atoms with van der Waals surface area (Å²) < 4.78 is 22.5. The molecular weight excluding hydrogens is 333 g/mol. The fourth-order valence-electron chi connectivity index (χ4n) is 2.48. The number of nitrogen functional groups attached to an aromatic ring is 1. The van der Waals surface area contributed by atoms with Crippen LogP contribution >= 0.6 is 7.82 Å². The number of aromatic nitrogens is 4. The number of phosphoric acid groups is 1. The van der Waals surface area contributed by atoms with Gasteiger partial charge in [-0.1, -0.05) is 0 Å². The number of aromatic amines is 1. The summed E-state index contributed by atoms with van der Waals surface area (Å²) in [5, 5.41) is 9.28. The maximum absolute atomic E-state index is 11.7. The Kier molecular flexibility index (Phi) is 3.96. The van der Waals surface area contributed by atoms with Gasteiger partial charge in [-0.05, 0) is 0 Å². The molecule has 3 rings (SSSR count). The number of nitrogens with one attached hydrogen (secondary N) is 1. The summed E-state index contributed by atoms with van der Waals surface area (Å²) in [6.45, 7) is -0.496. The van der Waals surface area contributed by atoms with Gasteiger partial charge in [-0.2, -0.15) is 4.98 Å². The third-order valence-electron chi connectivity index (χ3n) is 3.39. The number of H-pyrrole nitrogens is 1. The van der Waals surface area contributed by atoms with Crippen molar-refractivity contribution < 1.29 is 28.7 Å². The molecule has 12 nitrogen and oxygen atoms in total. The normalized spacial score (nSPS) is 25.3. The van der Waals surface area contributed by atoms with E-state index in [1.165, 1.54) is 10.9 Å². The van der Waals surface area contributed by atoms with Crippen LogP contribution < -0.4 is 11.3 Å². The maximum Gasteiger partial charge on any atom is 0.469 e. The highest BCUT2D eigenvalue weighted by atomic mass is 31.2. The number of aliphatic hydroxyl groups excluding tert-OH is 1. The van der Waals surface area contributed by atoms with Crippen LogP contribution in [0.25, 0.3) is 11.2 Å². The molecule has 6 N–H and O–H groups in total. The topological polar surface area (TPSA) is 186 Å². The van der Waals surface area contributed by atoms with Crippen molar-refractivity contribution in [2.75, 3.05) is 12.3 Å². The average molecular weight is 347 g/mol. The second-order valence-electron chi connectivity index (χ2n) is 4.96. The lowest BCUT2D eigenvalue weighted by atomic mass is 10.2. The highest BCUT2D eigenvalue weighted by molar-refractivity contribution is 7.46. The zero-order chi connectivity index (χ0) is 16.8. The first-order chi connectivity index (χ1) is 10.8. The Bertz CT molecular complexity index is 829. The van der Waals surface area contributed by atoms with Gasteiger partial charge in [0.25, 0.3) is 5.56 Å². The van der Waals surface area contributed by atoms with Gasteiger partial charge < -0.3 is 25.4 Å². The molecule has 0 spiro atoms. The van der Waals surface area contributed by atoms with E-state index in [0.29, 0.717) is 0 Å². The van der Waals surface area contributed by atoms with E-state index in [0.717, 1.165) is 0 Å². The van der Waals surface area contributed by atoms with E-state index in [9.17, 15) is 14.5 Å². The number of hydrogen-bond donors (Lipinski definition) is 5. The fourth-order valence-corrected chi connectivity index (χ4v) is 3.05. The Morgan fingerprint density at radius 2 is 2.30 bits per heavy atom. The van der Waals surface area contributed by atoms with Crippen LogP contribution in [0.2, 0.25) is 0 Å². The molecule has 1 aliphatic rings. The smallest absolute Gasteiger partial charge is 0.394 e. The summed E-state index contributed by atoms with van der Waals surface area (Å²) in [5.74, 6) is -0.107. The van der Waals surface area contributed by atoms with E-state index < -0.39 is 38.4 Å². The Morgan fingerprint density at radius 3 is 2.96 bits per heavy atom. The van der Waals surface area contributed by atoms with E-state index in [1.807, 2.05) is 0 Å². The van der Waals surface area contributed by atoms with Crippen molar-refractivity contribution in [1.29, 1.82) is 0 Å². The molecular formula is C10H14N5O7P. The number of phosphoric ester groups is 1. The lowest BCUT2D eigenvalue weighted by Gasteiger charge is -2.16. The monoisotopic (exact) mass is 347 g/mol. The number of rotatable bonds is 4. The number of imidazole rings is 1. The van der Waals surface area contributed by atoms with Crippen LogP contribution in [0.5, 0.6) is 0 Å². The maximum atomic E-state index is 11.7. The molecule has 0 bridgehead atoms. The van der Waals surface area contributed by atoms with Crippen molar-refractivity contribution in [2.24, 2.45) is 0 Å². The van der Waals surface area contributed by atoms with Gasteiger partial charge in [0, 0.05) is 6.42 Å². The second-order valence-corrected chi connectivity index (χ2v) is 6.15. The second kappa shape index (κ2) is 5.67. The zero-order valence-electron chi connectivity index (χ0n) is 11.6. The third-order valence-corrected chi connectivity index (χ3v) is 3.94. The Labute approximate surface area is 128 Å². The molecule has 3 atom stereocenters. The highest BCUT2D eigenvalue weighted by Crippen LogP contribution is 2.43. The molecule has 1 fully saturated rings. The predicted octanol–water partition coefficient (Wildman–Crippen LogP) is -1.54. The molecule has 13 heteroatoms. The largest absolute Gasteiger partial charge is 0.469 e. The minimum absolute atomic E-state index is 0.0240. The summed E-state index contributed by atoms with van der Waals surface area (Å²) >= 11 is 0. The lowest BCUT2D eigenvalue weighted by molar-refractivity contribution is -0.0425. The van der Waals surface area contributed by atoms with Crippen LogP contribution in [-0.4, -0.2) is 53.2 Å². The summed E-state index contributed by atoms with van der Waals surface area (Å²) in [6.07, 6.45) is -1.42. The van der Waals surface area contributed by atoms with E-state index >= 15 is 0 Å². The van der Waals surface area contributed by atoms with E-state index in [-0.39, 0.29) is 23.5 Å². The minimum Gasteiger partial charge on any atom is -0.394 e. The number of hydrogen-bond acceptors (Lipinski definition) is 8. The average Bonchev–Trinajstić information content (AvgIpc) is 3.00. The van der Waals surface area contributed by atoms with Crippen LogP contribution in [-0.2, 0) is 13.8 Å².